The van der Waals surface area contributed by atoms with E-state index in [4.69, 9.17) is 4.74 Å². The molecule has 2 rings (SSSR count). The molecule has 1 atom stereocenters. The van der Waals surface area contributed by atoms with Crippen molar-refractivity contribution in [3.63, 3.8) is 0 Å². The highest BCUT2D eigenvalue weighted by molar-refractivity contribution is 5.43. The molecular weight excluding hydrogens is 160 g/mol. The van der Waals surface area contributed by atoms with Gasteiger partial charge < -0.3 is 4.74 Å². The fourth-order valence-corrected chi connectivity index (χ4v) is 1.85. The first kappa shape index (κ1) is 8.61. The van der Waals surface area contributed by atoms with Crippen LogP contribution in [0, 0.1) is 5.92 Å². The summed E-state index contributed by atoms with van der Waals surface area (Å²) in [5.74, 6) is 1.69. The first-order valence-electron chi connectivity index (χ1n) is 4.87. The van der Waals surface area contributed by atoms with E-state index < -0.39 is 0 Å². The van der Waals surface area contributed by atoms with E-state index in [1.165, 1.54) is 5.56 Å². The highest BCUT2D eigenvalue weighted by Crippen LogP contribution is 2.42. The standard InChI is InChI=1S/C12H16O/c1-9(2)12(3)8-13-11-7-5-4-6-10(11)12/h4-7,9H,8H2,1-3H3. The van der Waals surface area contributed by atoms with Gasteiger partial charge in [-0.15, -0.1) is 0 Å². The van der Waals surface area contributed by atoms with Crippen molar-refractivity contribution >= 4 is 0 Å². The molecule has 1 unspecified atom stereocenters. The van der Waals surface area contributed by atoms with Crippen molar-refractivity contribution in [1.29, 1.82) is 0 Å². The normalized spacial score (nSPS) is 25.8. The quantitative estimate of drug-likeness (QED) is 0.639. The van der Waals surface area contributed by atoms with Gasteiger partial charge in [-0.25, -0.2) is 0 Å². The van der Waals surface area contributed by atoms with Gasteiger partial charge in [-0.2, -0.15) is 0 Å². The van der Waals surface area contributed by atoms with E-state index in [0.717, 1.165) is 12.4 Å². The van der Waals surface area contributed by atoms with Crippen molar-refractivity contribution in [2.45, 2.75) is 26.2 Å². The maximum atomic E-state index is 5.68. The monoisotopic (exact) mass is 176 g/mol. The summed E-state index contributed by atoms with van der Waals surface area (Å²) in [7, 11) is 0. The van der Waals surface area contributed by atoms with Crippen LogP contribution in [0.4, 0.5) is 0 Å². The lowest BCUT2D eigenvalue weighted by Crippen LogP contribution is -2.30. The average Bonchev–Trinajstić information content (AvgIpc) is 2.47. The number of hydrogen-bond acceptors (Lipinski definition) is 1. The lowest BCUT2D eigenvalue weighted by atomic mass is 9.75. The van der Waals surface area contributed by atoms with E-state index in [1.54, 1.807) is 0 Å². The summed E-state index contributed by atoms with van der Waals surface area (Å²) >= 11 is 0. The van der Waals surface area contributed by atoms with Crippen LogP contribution in [-0.2, 0) is 5.41 Å². The minimum atomic E-state index is 0.205. The van der Waals surface area contributed by atoms with E-state index in [1.807, 2.05) is 6.07 Å². The van der Waals surface area contributed by atoms with Crippen molar-refractivity contribution in [1.82, 2.24) is 0 Å². The van der Waals surface area contributed by atoms with Gasteiger partial charge in [-0.3, -0.25) is 0 Å². The van der Waals surface area contributed by atoms with Crippen LogP contribution in [0.2, 0.25) is 0 Å². The molecule has 0 saturated heterocycles. The summed E-state index contributed by atoms with van der Waals surface area (Å²) in [5, 5.41) is 0. The molecule has 0 fully saturated rings. The second-order valence-electron chi connectivity index (χ2n) is 4.36. The fourth-order valence-electron chi connectivity index (χ4n) is 1.85. The van der Waals surface area contributed by atoms with Gasteiger partial charge in [0.2, 0.25) is 0 Å². The number of ether oxygens (including phenoxy) is 1. The minimum absolute atomic E-state index is 0.205. The Balaban J connectivity index is 2.49. The number of fused-ring (bicyclic) bond motifs is 1. The Hall–Kier alpha value is -0.980. The van der Waals surface area contributed by atoms with Gasteiger partial charge in [-0.05, 0) is 12.0 Å². The van der Waals surface area contributed by atoms with Crippen molar-refractivity contribution < 1.29 is 4.74 Å². The molecule has 1 heterocycles. The van der Waals surface area contributed by atoms with Gasteiger partial charge in [0.15, 0.2) is 0 Å². The van der Waals surface area contributed by atoms with Crippen LogP contribution in [0.25, 0.3) is 0 Å². The molecule has 0 bridgehead atoms. The van der Waals surface area contributed by atoms with Gasteiger partial charge in [0.25, 0.3) is 0 Å². The molecule has 1 aromatic carbocycles. The Morgan fingerprint density at radius 1 is 1.31 bits per heavy atom. The van der Waals surface area contributed by atoms with Crippen molar-refractivity contribution in [3.8, 4) is 5.75 Å². The molecule has 0 aliphatic carbocycles. The average molecular weight is 176 g/mol. The van der Waals surface area contributed by atoms with E-state index in [0.29, 0.717) is 5.92 Å². The zero-order valence-corrected chi connectivity index (χ0v) is 8.50. The molecule has 1 aliphatic heterocycles. The molecule has 13 heavy (non-hydrogen) atoms. The highest BCUT2D eigenvalue weighted by Gasteiger charge is 2.38. The summed E-state index contributed by atoms with van der Waals surface area (Å²) < 4.78 is 5.68. The molecular formula is C12H16O. The van der Waals surface area contributed by atoms with Crippen LogP contribution in [0.15, 0.2) is 24.3 Å². The Morgan fingerprint density at radius 3 is 2.69 bits per heavy atom. The number of rotatable bonds is 1. The van der Waals surface area contributed by atoms with Gasteiger partial charge in [0.1, 0.15) is 5.75 Å². The van der Waals surface area contributed by atoms with Gasteiger partial charge >= 0.3 is 0 Å². The minimum Gasteiger partial charge on any atom is -0.492 e. The van der Waals surface area contributed by atoms with Gasteiger partial charge in [0.05, 0.1) is 6.61 Å². The molecule has 0 saturated carbocycles. The molecule has 0 amide bonds. The van der Waals surface area contributed by atoms with Crippen molar-refractivity contribution in [2.24, 2.45) is 5.92 Å². The predicted octanol–water partition coefficient (Wildman–Crippen LogP) is 2.99. The Labute approximate surface area is 79.7 Å². The topological polar surface area (TPSA) is 9.23 Å². The first-order chi connectivity index (χ1) is 6.14. The molecule has 0 spiro atoms. The third-order valence-corrected chi connectivity index (χ3v) is 3.30. The Morgan fingerprint density at radius 2 is 2.00 bits per heavy atom. The summed E-state index contributed by atoms with van der Waals surface area (Å²) in [6.45, 7) is 7.62. The molecule has 1 heteroatoms. The second-order valence-corrected chi connectivity index (χ2v) is 4.36. The molecule has 0 radical (unpaired) electrons. The highest BCUT2D eigenvalue weighted by atomic mass is 16.5. The SMILES string of the molecule is CC(C)C1(C)COc2ccccc21. The number of para-hydroxylation sites is 1. The maximum Gasteiger partial charge on any atom is 0.123 e. The lowest BCUT2D eigenvalue weighted by molar-refractivity contribution is 0.231. The van der Waals surface area contributed by atoms with E-state index in [9.17, 15) is 0 Å². The summed E-state index contributed by atoms with van der Waals surface area (Å²) in [5.41, 5.74) is 1.57. The van der Waals surface area contributed by atoms with Crippen LogP contribution >= 0.6 is 0 Å². The molecule has 0 aromatic heterocycles. The number of hydrogen-bond donors (Lipinski definition) is 0. The third-order valence-electron chi connectivity index (χ3n) is 3.30. The first-order valence-corrected chi connectivity index (χ1v) is 4.87. The summed E-state index contributed by atoms with van der Waals surface area (Å²) in [6, 6.07) is 8.37. The van der Waals surface area contributed by atoms with E-state index in [2.05, 4.69) is 39.0 Å². The van der Waals surface area contributed by atoms with Crippen LogP contribution in [0.1, 0.15) is 26.3 Å². The molecule has 70 valence electrons. The van der Waals surface area contributed by atoms with Crippen molar-refractivity contribution in [2.75, 3.05) is 6.61 Å². The van der Waals surface area contributed by atoms with Gasteiger partial charge in [-0.1, -0.05) is 39.0 Å². The Bertz CT molecular complexity index is 317. The van der Waals surface area contributed by atoms with Crippen LogP contribution in [-0.4, -0.2) is 6.61 Å². The fraction of sp³-hybridized carbons (Fsp3) is 0.500. The van der Waals surface area contributed by atoms with Gasteiger partial charge in [0, 0.05) is 11.0 Å². The predicted molar refractivity (Wildman–Crippen MR) is 54.1 cm³/mol. The second kappa shape index (κ2) is 2.76. The zero-order chi connectivity index (χ0) is 9.47. The number of benzene rings is 1. The van der Waals surface area contributed by atoms with Crippen LogP contribution < -0.4 is 4.74 Å². The largest absolute Gasteiger partial charge is 0.492 e. The molecule has 0 N–H and O–H groups in total. The molecule has 1 aliphatic rings. The molecule has 1 nitrogen and oxygen atoms in total. The lowest BCUT2D eigenvalue weighted by Gasteiger charge is -2.27. The molecule has 1 aromatic rings. The maximum absolute atomic E-state index is 5.68. The zero-order valence-electron chi connectivity index (χ0n) is 8.50. The van der Waals surface area contributed by atoms with Crippen LogP contribution in [0.3, 0.4) is 0 Å². The van der Waals surface area contributed by atoms with Crippen molar-refractivity contribution in [3.05, 3.63) is 29.8 Å². The summed E-state index contributed by atoms with van der Waals surface area (Å²) in [6.07, 6.45) is 0. The summed E-state index contributed by atoms with van der Waals surface area (Å²) in [4.78, 5) is 0. The Kier molecular flexibility index (Phi) is 1.83. The van der Waals surface area contributed by atoms with E-state index in [-0.39, 0.29) is 5.41 Å². The van der Waals surface area contributed by atoms with Crippen LogP contribution in [0.5, 0.6) is 5.75 Å². The third kappa shape index (κ3) is 1.14. The smallest absolute Gasteiger partial charge is 0.123 e. The van der Waals surface area contributed by atoms with E-state index >= 15 is 0 Å².